The predicted molar refractivity (Wildman–Crippen MR) is 106 cm³/mol. The summed E-state index contributed by atoms with van der Waals surface area (Å²) in [6.07, 6.45) is 0. The van der Waals surface area contributed by atoms with E-state index in [0.29, 0.717) is 42.3 Å². The number of halogens is 1. The summed E-state index contributed by atoms with van der Waals surface area (Å²) >= 11 is 1.08. The molecule has 0 atom stereocenters. The molecule has 0 aliphatic carbocycles. The lowest BCUT2D eigenvalue weighted by Crippen LogP contribution is -2.37. The number of nitro benzene ring substituents is 1. The molecule has 4 rings (SSSR count). The van der Waals surface area contributed by atoms with E-state index in [2.05, 4.69) is 15.1 Å². The highest BCUT2D eigenvalue weighted by Gasteiger charge is 2.24. The van der Waals surface area contributed by atoms with E-state index in [9.17, 15) is 14.5 Å². The van der Waals surface area contributed by atoms with Crippen LogP contribution in [0.2, 0.25) is 0 Å². The topological polar surface area (TPSA) is 86.3 Å². The van der Waals surface area contributed by atoms with Gasteiger partial charge in [-0.2, -0.15) is 0 Å². The lowest BCUT2D eigenvalue weighted by molar-refractivity contribution is -0.387. The minimum Gasteiger partial charge on any atom is -0.378 e. The van der Waals surface area contributed by atoms with Crippen LogP contribution in [0, 0.1) is 22.9 Å². The molecule has 0 radical (unpaired) electrons. The fourth-order valence-electron chi connectivity index (χ4n) is 3.03. The zero-order valence-electron chi connectivity index (χ0n) is 15.6. The van der Waals surface area contributed by atoms with Crippen molar-refractivity contribution in [3.8, 4) is 5.69 Å². The summed E-state index contributed by atoms with van der Waals surface area (Å²) < 4.78 is 20.8. The second kappa shape index (κ2) is 8.18. The summed E-state index contributed by atoms with van der Waals surface area (Å²) in [6, 6.07) is 11.4. The van der Waals surface area contributed by atoms with Crippen molar-refractivity contribution in [2.75, 3.05) is 31.2 Å². The maximum Gasteiger partial charge on any atom is 0.286 e. The Labute approximate surface area is 170 Å². The zero-order chi connectivity index (χ0) is 20.4. The van der Waals surface area contributed by atoms with Crippen LogP contribution < -0.4 is 4.90 Å². The second-order valence-electron chi connectivity index (χ2n) is 6.52. The van der Waals surface area contributed by atoms with Gasteiger partial charge in [0.25, 0.3) is 5.69 Å². The monoisotopic (exact) mass is 415 g/mol. The van der Waals surface area contributed by atoms with Crippen LogP contribution in [0.15, 0.2) is 52.5 Å². The molecule has 29 heavy (non-hydrogen) atoms. The third-order valence-corrected chi connectivity index (χ3v) is 5.53. The van der Waals surface area contributed by atoms with Crippen LogP contribution in [0.4, 0.5) is 16.0 Å². The third-order valence-electron chi connectivity index (χ3n) is 4.52. The lowest BCUT2D eigenvalue weighted by atomic mass is 10.2. The Kier molecular flexibility index (Phi) is 5.45. The van der Waals surface area contributed by atoms with Gasteiger partial charge in [0, 0.05) is 13.1 Å². The van der Waals surface area contributed by atoms with Crippen molar-refractivity contribution in [2.45, 2.75) is 17.0 Å². The van der Waals surface area contributed by atoms with Crippen molar-refractivity contribution >= 4 is 23.4 Å². The number of morpholine rings is 1. The van der Waals surface area contributed by atoms with E-state index in [0.717, 1.165) is 29.1 Å². The molecule has 0 amide bonds. The van der Waals surface area contributed by atoms with Gasteiger partial charge < -0.3 is 9.64 Å². The van der Waals surface area contributed by atoms with E-state index in [1.165, 1.54) is 12.1 Å². The minimum absolute atomic E-state index is 0.297. The SMILES string of the molecule is Cc1ccc(-n2c(Sc3ccc(F)cc3[N+](=O)[O-])nnc2N2CCOCC2)cc1. The van der Waals surface area contributed by atoms with E-state index in [-0.39, 0.29) is 5.69 Å². The van der Waals surface area contributed by atoms with Crippen molar-refractivity contribution in [1.29, 1.82) is 0 Å². The van der Waals surface area contributed by atoms with Crippen LogP contribution in [0.1, 0.15) is 5.56 Å². The van der Waals surface area contributed by atoms with E-state index in [1.807, 2.05) is 35.8 Å². The smallest absolute Gasteiger partial charge is 0.286 e. The Morgan fingerprint density at radius 3 is 2.55 bits per heavy atom. The number of aryl methyl sites for hydroxylation is 1. The van der Waals surface area contributed by atoms with Crippen LogP contribution >= 0.6 is 11.8 Å². The maximum atomic E-state index is 13.5. The lowest BCUT2D eigenvalue weighted by Gasteiger charge is -2.27. The third kappa shape index (κ3) is 4.08. The Bertz CT molecular complexity index is 1030. The summed E-state index contributed by atoms with van der Waals surface area (Å²) in [7, 11) is 0. The summed E-state index contributed by atoms with van der Waals surface area (Å²) in [4.78, 5) is 13.1. The molecule has 0 unspecified atom stereocenters. The number of nitrogens with zero attached hydrogens (tertiary/aromatic N) is 5. The van der Waals surface area contributed by atoms with Crippen LogP contribution in [0.5, 0.6) is 0 Å². The van der Waals surface area contributed by atoms with Gasteiger partial charge in [-0.25, -0.2) is 4.39 Å². The number of aromatic nitrogens is 3. The summed E-state index contributed by atoms with van der Waals surface area (Å²) in [5.41, 5.74) is 1.65. The van der Waals surface area contributed by atoms with Crippen molar-refractivity contribution in [2.24, 2.45) is 0 Å². The molecule has 1 aliphatic rings. The molecular formula is C19H18FN5O3S. The molecule has 10 heteroatoms. The molecule has 2 aromatic carbocycles. The van der Waals surface area contributed by atoms with Gasteiger partial charge in [-0.15, -0.1) is 10.2 Å². The van der Waals surface area contributed by atoms with Gasteiger partial charge in [-0.3, -0.25) is 14.7 Å². The highest BCUT2D eigenvalue weighted by molar-refractivity contribution is 7.99. The van der Waals surface area contributed by atoms with E-state index in [4.69, 9.17) is 4.74 Å². The molecule has 150 valence electrons. The molecule has 3 aromatic rings. The normalized spacial score (nSPS) is 14.2. The molecule has 1 aromatic heterocycles. The Morgan fingerprint density at radius 2 is 1.86 bits per heavy atom. The molecule has 0 saturated carbocycles. The summed E-state index contributed by atoms with van der Waals surface area (Å²) in [6.45, 7) is 4.52. The van der Waals surface area contributed by atoms with Crippen molar-refractivity contribution in [3.05, 3.63) is 64.0 Å². The highest BCUT2D eigenvalue weighted by Crippen LogP contribution is 2.37. The number of ether oxygens (including phenoxy) is 1. The number of hydrogen-bond donors (Lipinski definition) is 0. The number of hydrogen-bond acceptors (Lipinski definition) is 7. The number of benzene rings is 2. The maximum absolute atomic E-state index is 13.5. The number of anilines is 1. The molecule has 1 saturated heterocycles. The van der Waals surface area contributed by atoms with Crippen molar-refractivity contribution in [1.82, 2.24) is 14.8 Å². The van der Waals surface area contributed by atoms with Gasteiger partial charge in [-0.05, 0) is 43.0 Å². The van der Waals surface area contributed by atoms with Gasteiger partial charge in [0.15, 0.2) is 0 Å². The van der Waals surface area contributed by atoms with Crippen LogP contribution in [0.3, 0.4) is 0 Å². The van der Waals surface area contributed by atoms with Gasteiger partial charge in [0.05, 0.1) is 34.8 Å². The first-order valence-corrected chi connectivity index (χ1v) is 9.81. The fourth-order valence-corrected chi connectivity index (χ4v) is 3.96. The van der Waals surface area contributed by atoms with E-state index < -0.39 is 10.7 Å². The molecule has 0 bridgehead atoms. The Balaban J connectivity index is 1.78. The van der Waals surface area contributed by atoms with Crippen LogP contribution in [-0.2, 0) is 4.74 Å². The fraction of sp³-hybridized carbons (Fsp3) is 0.263. The van der Waals surface area contributed by atoms with Crippen LogP contribution in [-0.4, -0.2) is 46.0 Å². The molecular weight excluding hydrogens is 397 g/mol. The summed E-state index contributed by atoms with van der Waals surface area (Å²) in [5, 5.41) is 20.5. The van der Waals surface area contributed by atoms with E-state index >= 15 is 0 Å². The minimum atomic E-state index is -0.657. The standard InChI is InChI=1S/C19H18FN5O3S/c1-13-2-5-15(6-3-13)24-18(23-8-10-28-11-9-23)21-22-19(24)29-17-7-4-14(20)12-16(17)25(26)27/h2-7,12H,8-11H2,1H3. The van der Waals surface area contributed by atoms with Gasteiger partial charge in [-0.1, -0.05) is 17.7 Å². The molecule has 1 fully saturated rings. The number of nitro groups is 1. The first-order chi connectivity index (χ1) is 14.0. The largest absolute Gasteiger partial charge is 0.378 e. The molecule has 2 heterocycles. The Morgan fingerprint density at radius 1 is 1.14 bits per heavy atom. The predicted octanol–water partition coefficient (Wildman–Crippen LogP) is 3.61. The van der Waals surface area contributed by atoms with Gasteiger partial charge in [0.2, 0.25) is 11.1 Å². The second-order valence-corrected chi connectivity index (χ2v) is 7.53. The van der Waals surface area contributed by atoms with Gasteiger partial charge in [0.1, 0.15) is 5.82 Å². The highest BCUT2D eigenvalue weighted by atomic mass is 32.2. The average Bonchev–Trinajstić information content (AvgIpc) is 3.14. The average molecular weight is 415 g/mol. The molecule has 0 N–H and O–H groups in total. The first-order valence-electron chi connectivity index (χ1n) is 9.00. The quantitative estimate of drug-likeness (QED) is 0.465. The zero-order valence-corrected chi connectivity index (χ0v) is 16.4. The van der Waals surface area contributed by atoms with E-state index in [1.54, 1.807) is 0 Å². The Hall–Kier alpha value is -2.98. The van der Waals surface area contributed by atoms with Crippen LogP contribution in [0.25, 0.3) is 5.69 Å². The number of rotatable bonds is 5. The molecule has 8 nitrogen and oxygen atoms in total. The van der Waals surface area contributed by atoms with Crippen molar-refractivity contribution in [3.63, 3.8) is 0 Å². The van der Waals surface area contributed by atoms with Gasteiger partial charge >= 0.3 is 0 Å². The van der Waals surface area contributed by atoms with Crippen molar-refractivity contribution < 1.29 is 14.1 Å². The molecule has 1 aliphatic heterocycles. The summed E-state index contributed by atoms with van der Waals surface area (Å²) in [5.74, 6) is -0.0144. The first kappa shape index (κ1) is 19.3. The molecule has 0 spiro atoms.